The Kier molecular flexibility index (Phi) is 4.22. The van der Waals surface area contributed by atoms with Crippen LogP contribution in [-0.4, -0.2) is 50.3 Å². The molecule has 0 aliphatic carbocycles. The smallest absolute Gasteiger partial charge is 0.0707 e. The first kappa shape index (κ1) is 12.3. The Morgan fingerprint density at radius 2 is 1.75 bits per heavy atom. The van der Waals surface area contributed by atoms with Gasteiger partial charge in [-0.2, -0.15) is 0 Å². The molecule has 94 valence electrons. The van der Waals surface area contributed by atoms with E-state index in [2.05, 4.69) is 24.1 Å². The van der Waals surface area contributed by atoms with Crippen LogP contribution in [0.25, 0.3) is 0 Å². The molecule has 0 aromatic heterocycles. The van der Waals surface area contributed by atoms with E-state index in [1.807, 2.05) is 7.05 Å². The molecule has 3 nitrogen and oxygen atoms in total. The quantitative estimate of drug-likeness (QED) is 0.783. The fourth-order valence-electron chi connectivity index (χ4n) is 2.98. The monoisotopic (exact) mass is 226 g/mol. The van der Waals surface area contributed by atoms with E-state index in [9.17, 15) is 0 Å². The van der Waals surface area contributed by atoms with Crippen LogP contribution in [0.4, 0.5) is 0 Å². The zero-order valence-electron chi connectivity index (χ0n) is 10.9. The van der Waals surface area contributed by atoms with Gasteiger partial charge in [-0.05, 0) is 31.7 Å². The fourth-order valence-corrected chi connectivity index (χ4v) is 2.98. The summed E-state index contributed by atoms with van der Waals surface area (Å²) in [6.07, 6.45) is 3.40. The Morgan fingerprint density at radius 3 is 2.38 bits per heavy atom. The zero-order valence-corrected chi connectivity index (χ0v) is 10.9. The highest BCUT2D eigenvalue weighted by Crippen LogP contribution is 2.25. The molecule has 1 N–H and O–H groups in total. The standard InChI is InChI=1S/C13H26N2O/c1-10-7-15(8-11(10)2)9-13-5-4-12(16-13)6-14-3/h10-14H,4-9H2,1-3H3. The number of nitrogens with one attached hydrogen (secondary N) is 1. The van der Waals surface area contributed by atoms with Gasteiger partial charge in [-0.3, -0.25) is 0 Å². The molecule has 16 heavy (non-hydrogen) atoms. The number of likely N-dealkylation sites (N-methyl/N-ethyl adjacent to an activating group) is 1. The van der Waals surface area contributed by atoms with Crippen LogP contribution in [-0.2, 0) is 4.74 Å². The molecule has 4 unspecified atom stereocenters. The molecule has 0 bridgehead atoms. The van der Waals surface area contributed by atoms with Crippen LogP contribution in [0.3, 0.4) is 0 Å². The predicted octanol–water partition coefficient (Wildman–Crippen LogP) is 1.34. The van der Waals surface area contributed by atoms with E-state index in [0.29, 0.717) is 12.2 Å². The van der Waals surface area contributed by atoms with E-state index in [1.54, 1.807) is 0 Å². The van der Waals surface area contributed by atoms with Crippen LogP contribution in [0.2, 0.25) is 0 Å². The van der Waals surface area contributed by atoms with Gasteiger partial charge < -0.3 is 15.0 Å². The molecular weight excluding hydrogens is 200 g/mol. The molecule has 3 heteroatoms. The summed E-state index contributed by atoms with van der Waals surface area (Å²) in [5, 5.41) is 3.20. The largest absolute Gasteiger partial charge is 0.372 e. The lowest BCUT2D eigenvalue weighted by molar-refractivity contribution is 0.0275. The zero-order chi connectivity index (χ0) is 11.5. The number of rotatable bonds is 4. The van der Waals surface area contributed by atoms with Gasteiger partial charge in [0, 0.05) is 26.2 Å². The molecule has 2 rings (SSSR count). The Hall–Kier alpha value is -0.120. The third-order valence-electron chi connectivity index (χ3n) is 4.15. The lowest BCUT2D eigenvalue weighted by Gasteiger charge is -2.20. The summed E-state index contributed by atoms with van der Waals surface area (Å²) in [7, 11) is 2.00. The van der Waals surface area contributed by atoms with Gasteiger partial charge in [-0.1, -0.05) is 13.8 Å². The van der Waals surface area contributed by atoms with Crippen molar-refractivity contribution >= 4 is 0 Å². The third-order valence-corrected chi connectivity index (χ3v) is 4.15. The number of ether oxygens (including phenoxy) is 1. The molecule has 0 spiro atoms. The lowest BCUT2D eigenvalue weighted by Crippen LogP contribution is -2.32. The first-order chi connectivity index (χ1) is 7.69. The number of hydrogen-bond donors (Lipinski definition) is 1. The van der Waals surface area contributed by atoms with Crippen LogP contribution in [0.1, 0.15) is 26.7 Å². The summed E-state index contributed by atoms with van der Waals surface area (Å²) < 4.78 is 6.03. The molecule has 2 saturated heterocycles. The van der Waals surface area contributed by atoms with Crippen LogP contribution < -0.4 is 5.32 Å². The van der Waals surface area contributed by atoms with Crippen molar-refractivity contribution in [2.75, 3.05) is 33.2 Å². The maximum absolute atomic E-state index is 6.03. The Morgan fingerprint density at radius 1 is 1.12 bits per heavy atom. The van der Waals surface area contributed by atoms with Gasteiger partial charge in [0.2, 0.25) is 0 Å². The predicted molar refractivity (Wildman–Crippen MR) is 66.6 cm³/mol. The van der Waals surface area contributed by atoms with E-state index in [4.69, 9.17) is 4.74 Å². The van der Waals surface area contributed by atoms with Gasteiger partial charge in [0.05, 0.1) is 12.2 Å². The highest BCUT2D eigenvalue weighted by Gasteiger charge is 2.31. The molecule has 2 aliphatic rings. The third kappa shape index (κ3) is 2.96. The van der Waals surface area contributed by atoms with Crippen molar-refractivity contribution in [2.24, 2.45) is 11.8 Å². The normalized spacial score (nSPS) is 40.7. The summed E-state index contributed by atoms with van der Waals surface area (Å²) in [6, 6.07) is 0. The van der Waals surface area contributed by atoms with Crippen molar-refractivity contribution in [3.05, 3.63) is 0 Å². The average molecular weight is 226 g/mol. The van der Waals surface area contributed by atoms with Gasteiger partial charge in [-0.15, -0.1) is 0 Å². The van der Waals surface area contributed by atoms with Crippen LogP contribution in [0.15, 0.2) is 0 Å². The maximum Gasteiger partial charge on any atom is 0.0707 e. The molecule has 0 amide bonds. The average Bonchev–Trinajstić information content (AvgIpc) is 2.77. The molecular formula is C13H26N2O. The SMILES string of the molecule is CNCC1CCC(CN2CC(C)C(C)C2)O1. The van der Waals surface area contributed by atoms with Gasteiger partial charge >= 0.3 is 0 Å². The second-order valence-corrected chi connectivity index (χ2v) is 5.69. The number of nitrogens with zero attached hydrogens (tertiary/aromatic N) is 1. The maximum atomic E-state index is 6.03. The van der Waals surface area contributed by atoms with E-state index in [0.717, 1.165) is 24.9 Å². The second kappa shape index (κ2) is 5.48. The molecule has 0 saturated carbocycles. The number of likely N-dealkylation sites (tertiary alicyclic amines) is 1. The fraction of sp³-hybridized carbons (Fsp3) is 1.00. The molecule has 0 radical (unpaired) electrons. The Balaban J connectivity index is 1.71. The Bertz CT molecular complexity index is 212. The minimum atomic E-state index is 0.451. The van der Waals surface area contributed by atoms with Gasteiger partial charge in [0.25, 0.3) is 0 Å². The Labute approximate surface area is 99.5 Å². The van der Waals surface area contributed by atoms with Crippen molar-refractivity contribution in [1.82, 2.24) is 10.2 Å². The van der Waals surface area contributed by atoms with E-state index >= 15 is 0 Å². The van der Waals surface area contributed by atoms with Crippen molar-refractivity contribution in [3.63, 3.8) is 0 Å². The van der Waals surface area contributed by atoms with Crippen molar-refractivity contribution in [3.8, 4) is 0 Å². The minimum absolute atomic E-state index is 0.451. The first-order valence-corrected chi connectivity index (χ1v) is 6.71. The topological polar surface area (TPSA) is 24.5 Å². The summed E-state index contributed by atoms with van der Waals surface area (Å²) >= 11 is 0. The van der Waals surface area contributed by atoms with Gasteiger partial charge in [0.1, 0.15) is 0 Å². The van der Waals surface area contributed by atoms with E-state index < -0.39 is 0 Å². The molecule has 2 aliphatic heterocycles. The molecule has 4 atom stereocenters. The second-order valence-electron chi connectivity index (χ2n) is 5.69. The minimum Gasteiger partial charge on any atom is -0.372 e. The highest BCUT2D eigenvalue weighted by atomic mass is 16.5. The summed E-state index contributed by atoms with van der Waals surface area (Å²) in [5.41, 5.74) is 0. The lowest BCUT2D eigenvalue weighted by atomic mass is 10.0. The molecule has 0 aromatic rings. The van der Waals surface area contributed by atoms with E-state index in [-0.39, 0.29) is 0 Å². The van der Waals surface area contributed by atoms with Crippen LogP contribution in [0.5, 0.6) is 0 Å². The summed E-state index contributed by atoms with van der Waals surface area (Å²) in [6.45, 7) is 9.40. The van der Waals surface area contributed by atoms with Crippen molar-refractivity contribution < 1.29 is 4.74 Å². The molecule has 2 heterocycles. The van der Waals surface area contributed by atoms with Gasteiger partial charge in [-0.25, -0.2) is 0 Å². The highest BCUT2D eigenvalue weighted by molar-refractivity contribution is 4.83. The summed E-state index contributed by atoms with van der Waals surface area (Å²) in [4.78, 5) is 2.59. The molecule has 2 fully saturated rings. The van der Waals surface area contributed by atoms with Gasteiger partial charge in [0.15, 0.2) is 0 Å². The number of hydrogen-bond acceptors (Lipinski definition) is 3. The van der Waals surface area contributed by atoms with Crippen LogP contribution in [0, 0.1) is 11.8 Å². The van der Waals surface area contributed by atoms with Crippen molar-refractivity contribution in [1.29, 1.82) is 0 Å². The van der Waals surface area contributed by atoms with Crippen molar-refractivity contribution in [2.45, 2.75) is 38.9 Å². The van der Waals surface area contributed by atoms with Crippen LogP contribution >= 0.6 is 0 Å². The first-order valence-electron chi connectivity index (χ1n) is 6.71. The summed E-state index contributed by atoms with van der Waals surface area (Å²) in [5.74, 6) is 1.71. The molecule has 0 aromatic carbocycles. The van der Waals surface area contributed by atoms with E-state index in [1.165, 1.54) is 25.9 Å².